The summed E-state index contributed by atoms with van der Waals surface area (Å²) >= 11 is 5.35. The van der Waals surface area contributed by atoms with Gasteiger partial charge in [-0.05, 0) is 41.4 Å². The highest BCUT2D eigenvalue weighted by Crippen LogP contribution is 2.38. The Balaban J connectivity index is 1.91. The minimum atomic E-state index is 0.596. The first kappa shape index (κ1) is 13.1. The Hall–Kier alpha value is -0.290. The van der Waals surface area contributed by atoms with Crippen LogP contribution in [-0.2, 0) is 0 Å². The Morgan fingerprint density at radius 3 is 2.94 bits per heavy atom. The van der Waals surface area contributed by atoms with E-state index in [2.05, 4.69) is 44.4 Å². The van der Waals surface area contributed by atoms with Crippen LogP contribution >= 0.6 is 27.7 Å². The van der Waals surface area contributed by atoms with Gasteiger partial charge in [0, 0.05) is 23.8 Å². The largest absolute Gasteiger partial charge is 0.370 e. The predicted molar refractivity (Wildman–Crippen MR) is 77.8 cm³/mol. The van der Waals surface area contributed by atoms with Crippen molar-refractivity contribution in [2.45, 2.75) is 37.4 Å². The van der Waals surface area contributed by atoms with Crippen molar-refractivity contribution in [2.24, 2.45) is 0 Å². The number of nitrogens with zero attached hydrogens (tertiary/aromatic N) is 2. The van der Waals surface area contributed by atoms with E-state index in [9.17, 15) is 0 Å². The van der Waals surface area contributed by atoms with Crippen LogP contribution in [-0.4, -0.2) is 28.0 Å². The molecule has 1 saturated carbocycles. The lowest BCUT2D eigenvalue weighted by Crippen LogP contribution is -2.10. The highest BCUT2D eigenvalue weighted by molar-refractivity contribution is 9.10. The first-order chi connectivity index (χ1) is 8.19. The molecule has 0 amide bonds. The second-order valence-corrected chi connectivity index (χ2v) is 6.56. The van der Waals surface area contributed by atoms with E-state index in [4.69, 9.17) is 0 Å². The van der Waals surface area contributed by atoms with Gasteiger partial charge in [0.25, 0.3) is 0 Å². The lowest BCUT2D eigenvalue weighted by atomic mass is 10.3. The summed E-state index contributed by atoms with van der Waals surface area (Å²) in [5, 5.41) is 4.07. The minimum Gasteiger partial charge on any atom is -0.370 e. The van der Waals surface area contributed by atoms with Crippen molar-refractivity contribution < 1.29 is 0 Å². The van der Waals surface area contributed by atoms with E-state index in [1.807, 2.05) is 17.8 Å². The van der Waals surface area contributed by atoms with Crippen molar-refractivity contribution >= 4 is 33.5 Å². The third-order valence-electron chi connectivity index (χ3n) is 2.91. The van der Waals surface area contributed by atoms with E-state index in [1.165, 1.54) is 12.8 Å². The molecule has 1 atom stereocenters. The molecule has 1 aromatic heterocycles. The Morgan fingerprint density at radius 2 is 2.29 bits per heavy atom. The number of thioether (sulfide) groups is 1. The van der Waals surface area contributed by atoms with Gasteiger partial charge in [-0.15, -0.1) is 0 Å². The van der Waals surface area contributed by atoms with Gasteiger partial charge in [-0.1, -0.05) is 6.92 Å². The molecule has 17 heavy (non-hydrogen) atoms. The van der Waals surface area contributed by atoms with Crippen LogP contribution in [0.25, 0.3) is 0 Å². The fourth-order valence-electron chi connectivity index (χ4n) is 1.57. The zero-order valence-electron chi connectivity index (χ0n) is 10.2. The van der Waals surface area contributed by atoms with Crippen LogP contribution in [0.5, 0.6) is 0 Å². The number of halogens is 1. The zero-order chi connectivity index (χ0) is 12.3. The number of hydrogen-bond donors (Lipinski definition) is 1. The number of anilines is 1. The second-order valence-electron chi connectivity index (χ2n) is 4.47. The lowest BCUT2D eigenvalue weighted by Gasteiger charge is -2.10. The van der Waals surface area contributed by atoms with Crippen molar-refractivity contribution in [3.63, 3.8) is 0 Å². The third-order valence-corrected chi connectivity index (χ3v) is 4.36. The highest BCUT2D eigenvalue weighted by Gasteiger charge is 2.27. The molecule has 1 aliphatic carbocycles. The van der Waals surface area contributed by atoms with Crippen LogP contribution in [0.15, 0.2) is 10.7 Å². The predicted octanol–water partition coefficient (Wildman–Crippen LogP) is 3.67. The fourth-order valence-corrected chi connectivity index (χ4v) is 2.32. The van der Waals surface area contributed by atoms with Crippen molar-refractivity contribution in [3.8, 4) is 0 Å². The average Bonchev–Trinajstić information content (AvgIpc) is 3.12. The molecule has 0 radical (unpaired) electrons. The molecule has 0 spiro atoms. The summed E-state index contributed by atoms with van der Waals surface area (Å²) < 4.78 is 0.884. The van der Waals surface area contributed by atoms with Crippen LogP contribution in [0.1, 0.15) is 37.9 Å². The lowest BCUT2D eigenvalue weighted by molar-refractivity contribution is 0.841. The first-order valence-electron chi connectivity index (χ1n) is 6.00. The van der Waals surface area contributed by atoms with Crippen LogP contribution in [0, 0.1) is 0 Å². The maximum Gasteiger partial charge on any atom is 0.135 e. The molecule has 0 bridgehead atoms. The van der Waals surface area contributed by atoms with Gasteiger partial charge in [-0.3, -0.25) is 0 Å². The third kappa shape index (κ3) is 4.14. The fraction of sp³-hybridized carbons (Fsp3) is 0.667. The molecule has 1 aromatic rings. The van der Waals surface area contributed by atoms with Crippen LogP contribution < -0.4 is 5.32 Å². The van der Waals surface area contributed by atoms with Gasteiger partial charge in [0.05, 0.1) is 0 Å². The van der Waals surface area contributed by atoms with E-state index in [1.54, 1.807) is 0 Å². The summed E-state index contributed by atoms with van der Waals surface area (Å²) in [5.74, 6) is 2.53. The molecule has 1 N–H and O–H groups in total. The Bertz CT molecular complexity index is 382. The molecule has 1 fully saturated rings. The van der Waals surface area contributed by atoms with Gasteiger partial charge < -0.3 is 5.32 Å². The number of nitrogens with one attached hydrogen (secondary N) is 1. The quantitative estimate of drug-likeness (QED) is 0.813. The normalized spacial score (nSPS) is 16.9. The summed E-state index contributed by atoms with van der Waals surface area (Å²) in [4.78, 5) is 8.98. The molecule has 5 heteroatoms. The maximum atomic E-state index is 4.56. The van der Waals surface area contributed by atoms with Crippen molar-refractivity contribution in [2.75, 3.05) is 18.1 Å². The summed E-state index contributed by atoms with van der Waals surface area (Å²) in [7, 11) is 0. The van der Waals surface area contributed by atoms with E-state index in [-0.39, 0.29) is 0 Å². The van der Waals surface area contributed by atoms with Crippen LogP contribution in [0.3, 0.4) is 0 Å². The molecular weight excluding hydrogens is 298 g/mol. The Labute approximate surface area is 115 Å². The van der Waals surface area contributed by atoms with Gasteiger partial charge in [-0.2, -0.15) is 11.8 Å². The van der Waals surface area contributed by atoms with Gasteiger partial charge >= 0.3 is 0 Å². The van der Waals surface area contributed by atoms with Crippen LogP contribution in [0.4, 0.5) is 5.82 Å². The van der Waals surface area contributed by atoms with Crippen molar-refractivity contribution in [1.29, 1.82) is 0 Å². The van der Waals surface area contributed by atoms with Crippen LogP contribution in [0.2, 0.25) is 0 Å². The van der Waals surface area contributed by atoms with E-state index in [0.717, 1.165) is 29.2 Å². The molecule has 3 nitrogen and oxygen atoms in total. The molecule has 0 aromatic carbocycles. The molecular formula is C12H18BrN3S. The Morgan fingerprint density at radius 1 is 1.53 bits per heavy atom. The van der Waals surface area contributed by atoms with Crippen molar-refractivity contribution in [1.82, 2.24) is 9.97 Å². The molecule has 1 heterocycles. The molecule has 2 rings (SSSR count). The molecule has 94 valence electrons. The molecule has 1 unspecified atom stereocenters. The van der Waals surface area contributed by atoms with E-state index >= 15 is 0 Å². The summed E-state index contributed by atoms with van der Waals surface area (Å²) in [6, 6.07) is 1.95. The monoisotopic (exact) mass is 315 g/mol. The van der Waals surface area contributed by atoms with Gasteiger partial charge in [-0.25, -0.2) is 9.97 Å². The second kappa shape index (κ2) is 6.05. The van der Waals surface area contributed by atoms with Gasteiger partial charge in [0.1, 0.15) is 16.2 Å². The average molecular weight is 316 g/mol. The molecule has 1 aliphatic rings. The Kier molecular flexibility index (Phi) is 4.68. The highest BCUT2D eigenvalue weighted by atomic mass is 79.9. The SMILES string of the molecule is CSC(C)CCNc1cc(Br)nc(C2CC2)n1. The zero-order valence-corrected chi connectivity index (χ0v) is 12.6. The van der Waals surface area contributed by atoms with E-state index in [0.29, 0.717) is 11.2 Å². The topological polar surface area (TPSA) is 37.8 Å². The van der Waals surface area contributed by atoms with Gasteiger partial charge in [0.15, 0.2) is 0 Å². The van der Waals surface area contributed by atoms with E-state index < -0.39 is 0 Å². The standard InChI is InChI=1S/C12H18BrN3S/c1-8(17-2)5-6-14-11-7-10(13)15-12(16-11)9-3-4-9/h7-9H,3-6H2,1-2H3,(H,14,15,16). The van der Waals surface area contributed by atoms with Gasteiger partial charge in [0.2, 0.25) is 0 Å². The molecule has 0 saturated heterocycles. The first-order valence-corrected chi connectivity index (χ1v) is 8.08. The number of aromatic nitrogens is 2. The molecule has 0 aliphatic heterocycles. The number of hydrogen-bond acceptors (Lipinski definition) is 4. The van der Waals surface area contributed by atoms with Crippen molar-refractivity contribution in [3.05, 3.63) is 16.5 Å². The summed E-state index contributed by atoms with van der Waals surface area (Å²) in [6.45, 7) is 3.22. The smallest absolute Gasteiger partial charge is 0.135 e. The minimum absolute atomic E-state index is 0.596. The number of rotatable bonds is 6. The summed E-state index contributed by atoms with van der Waals surface area (Å²) in [5.41, 5.74) is 0. The maximum absolute atomic E-state index is 4.56. The summed E-state index contributed by atoms with van der Waals surface area (Å²) in [6.07, 6.45) is 5.78.